The van der Waals surface area contributed by atoms with Crippen molar-refractivity contribution in [1.82, 2.24) is 0 Å². The Kier molecular flexibility index (Phi) is 4.20. The molecule has 1 aliphatic rings. The van der Waals surface area contributed by atoms with Gasteiger partial charge in [-0.3, -0.25) is 9.52 Å². The van der Waals surface area contributed by atoms with Crippen LogP contribution in [0.4, 0.5) is 11.4 Å². The average Bonchev–Trinajstić information content (AvgIpc) is 2.64. The van der Waals surface area contributed by atoms with Crippen LogP contribution in [0.2, 0.25) is 0 Å². The molecule has 0 saturated carbocycles. The van der Waals surface area contributed by atoms with Crippen molar-refractivity contribution >= 4 is 27.3 Å². The molecule has 0 saturated heterocycles. The summed E-state index contributed by atoms with van der Waals surface area (Å²) in [5.74, 6) is 0.294. The summed E-state index contributed by atoms with van der Waals surface area (Å²) < 4.78 is 33.3. The van der Waals surface area contributed by atoms with E-state index in [4.69, 9.17) is 4.74 Å². The highest BCUT2D eigenvalue weighted by atomic mass is 32.2. The molecule has 25 heavy (non-hydrogen) atoms. The number of hydrogen-bond donors (Lipinski definition) is 2. The van der Waals surface area contributed by atoms with Crippen LogP contribution in [0.15, 0.2) is 47.4 Å². The van der Waals surface area contributed by atoms with Crippen LogP contribution in [0.3, 0.4) is 0 Å². The molecular formula is C18H20N2O4S. The highest BCUT2D eigenvalue weighted by molar-refractivity contribution is 7.92. The molecule has 2 N–H and O–H groups in total. The number of rotatable bonds is 3. The third-order valence-corrected chi connectivity index (χ3v) is 5.36. The Morgan fingerprint density at radius 3 is 2.64 bits per heavy atom. The fourth-order valence-electron chi connectivity index (χ4n) is 2.42. The van der Waals surface area contributed by atoms with Gasteiger partial charge in [0, 0.05) is 6.07 Å². The first-order valence-electron chi connectivity index (χ1n) is 7.85. The number of carbonyl (C=O) groups excluding carboxylic acids is 1. The summed E-state index contributed by atoms with van der Waals surface area (Å²) in [6.07, 6.45) is 0. The van der Waals surface area contributed by atoms with Crippen LogP contribution in [0, 0.1) is 12.3 Å². The number of ether oxygens (including phenoxy) is 1. The molecule has 3 rings (SSSR count). The van der Waals surface area contributed by atoms with Crippen molar-refractivity contribution in [3.8, 4) is 5.75 Å². The van der Waals surface area contributed by atoms with Crippen molar-refractivity contribution in [2.24, 2.45) is 5.41 Å². The molecule has 6 nitrogen and oxygen atoms in total. The number of hydrogen-bond acceptors (Lipinski definition) is 4. The van der Waals surface area contributed by atoms with Crippen LogP contribution in [0.5, 0.6) is 5.75 Å². The van der Waals surface area contributed by atoms with E-state index in [2.05, 4.69) is 10.0 Å². The van der Waals surface area contributed by atoms with Crippen LogP contribution < -0.4 is 14.8 Å². The number of benzene rings is 2. The predicted octanol–water partition coefficient (Wildman–Crippen LogP) is 3.15. The second-order valence-electron chi connectivity index (χ2n) is 6.76. The van der Waals surface area contributed by atoms with Crippen molar-refractivity contribution in [2.45, 2.75) is 25.7 Å². The third-order valence-electron chi connectivity index (χ3n) is 3.99. The van der Waals surface area contributed by atoms with E-state index >= 15 is 0 Å². The first-order valence-corrected chi connectivity index (χ1v) is 9.33. The van der Waals surface area contributed by atoms with Gasteiger partial charge in [0.05, 0.1) is 21.7 Å². The van der Waals surface area contributed by atoms with Crippen molar-refractivity contribution in [3.63, 3.8) is 0 Å². The molecule has 0 bridgehead atoms. The molecule has 0 atom stereocenters. The average molecular weight is 360 g/mol. The lowest BCUT2D eigenvalue weighted by Gasteiger charge is -2.18. The lowest BCUT2D eigenvalue weighted by molar-refractivity contribution is -0.124. The quantitative estimate of drug-likeness (QED) is 0.881. The van der Waals surface area contributed by atoms with E-state index in [0.717, 1.165) is 5.56 Å². The van der Waals surface area contributed by atoms with Crippen molar-refractivity contribution in [3.05, 3.63) is 48.0 Å². The molecule has 2 aromatic rings. The highest BCUT2D eigenvalue weighted by Gasteiger charge is 2.32. The van der Waals surface area contributed by atoms with Gasteiger partial charge in [-0.2, -0.15) is 0 Å². The normalized spacial score (nSPS) is 16.2. The Morgan fingerprint density at radius 2 is 1.92 bits per heavy atom. The summed E-state index contributed by atoms with van der Waals surface area (Å²) >= 11 is 0. The van der Waals surface area contributed by atoms with Crippen molar-refractivity contribution in [1.29, 1.82) is 0 Å². The summed E-state index contributed by atoms with van der Waals surface area (Å²) in [6, 6.07) is 11.5. The van der Waals surface area contributed by atoms with Crippen LogP contribution >= 0.6 is 0 Å². The summed E-state index contributed by atoms with van der Waals surface area (Å²) in [5, 5.41) is 2.80. The van der Waals surface area contributed by atoms with E-state index in [9.17, 15) is 13.2 Å². The fourth-order valence-corrected chi connectivity index (χ4v) is 3.57. The second-order valence-corrected chi connectivity index (χ2v) is 8.44. The number of amides is 1. The topological polar surface area (TPSA) is 84.5 Å². The van der Waals surface area contributed by atoms with Crippen molar-refractivity contribution in [2.75, 3.05) is 16.6 Å². The van der Waals surface area contributed by atoms with E-state index in [1.54, 1.807) is 44.2 Å². The maximum Gasteiger partial charge on any atom is 0.261 e. The predicted molar refractivity (Wildman–Crippen MR) is 96.3 cm³/mol. The summed E-state index contributed by atoms with van der Waals surface area (Å²) in [7, 11) is -3.70. The van der Waals surface area contributed by atoms with Gasteiger partial charge in [-0.05, 0) is 50.6 Å². The van der Waals surface area contributed by atoms with Crippen LogP contribution in [-0.2, 0) is 14.8 Å². The molecule has 0 aromatic heterocycles. The Balaban J connectivity index is 1.89. The second kappa shape index (κ2) is 6.07. The fraction of sp³-hybridized carbons (Fsp3) is 0.278. The zero-order valence-electron chi connectivity index (χ0n) is 14.3. The van der Waals surface area contributed by atoms with E-state index in [1.165, 1.54) is 6.07 Å². The van der Waals surface area contributed by atoms with Crippen LogP contribution in [0.1, 0.15) is 19.4 Å². The number of carbonyl (C=O) groups is 1. The number of aryl methyl sites for hydroxylation is 1. The van der Waals surface area contributed by atoms with Gasteiger partial charge < -0.3 is 10.1 Å². The molecule has 1 heterocycles. The monoisotopic (exact) mass is 360 g/mol. The van der Waals surface area contributed by atoms with E-state index in [0.29, 0.717) is 17.1 Å². The number of sulfonamides is 1. The molecule has 132 valence electrons. The molecule has 2 aromatic carbocycles. The van der Waals surface area contributed by atoms with E-state index < -0.39 is 15.4 Å². The molecule has 0 spiro atoms. The molecule has 1 amide bonds. The van der Waals surface area contributed by atoms with Gasteiger partial charge in [-0.15, -0.1) is 0 Å². The molecular weight excluding hydrogens is 340 g/mol. The lowest BCUT2D eigenvalue weighted by Crippen LogP contribution is -2.33. The SMILES string of the molecule is Cc1cccc(S(=O)(=O)Nc2ccc3c(c2)OCC(C)(C)C(=O)N3)c1. The van der Waals surface area contributed by atoms with Crippen molar-refractivity contribution < 1.29 is 17.9 Å². The molecule has 0 fully saturated rings. The summed E-state index contributed by atoms with van der Waals surface area (Å²) in [4.78, 5) is 12.3. The summed E-state index contributed by atoms with van der Waals surface area (Å²) in [6.45, 7) is 5.62. The van der Waals surface area contributed by atoms with Gasteiger partial charge in [0.15, 0.2) is 0 Å². The minimum atomic E-state index is -3.70. The molecule has 1 aliphatic heterocycles. The largest absolute Gasteiger partial charge is 0.490 e. The Labute approximate surface area is 147 Å². The number of nitrogens with one attached hydrogen (secondary N) is 2. The van der Waals surface area contributed by atoms with Gasteiger partial charge in [0.25, 0.3) is 10.0 Å². The van der Waals surface area contributed by atoms with Gasteiger partial charge in [0.1, 0.15) is 12.4 Å². The van der Waals surface area contributed by atoms with Gasteiger partial charge >= 0.3 is 0 Å². The maximum atomic E-state index is 12.5. The number of anilines is 2. The van der Waals surface area contributed by atoms with Crippen LogP contribution in [-0.4, -0.2) is 20.9 Å². The highest BCUT2D eigenvalue weighted by Crippen LogP contribution is 2.34. The number of fused-ring (bicyclic) bond motifs is 1. The molecule has 0 aliphatic carbocycles. The van der Waals surface area contributed by atoms with Gasteiger partial charge in [0.2, 0.25) is 5.91 Å². The smallest absolute Gasteiger partial charge is 0.261 e. The Bertz CT molecular complexity index is 936. The Morgan fingerprint density at radius 1 is 1.16 bits per heavy atom. The zero-order chi connectivity index (χ0) is 18.2. The third kappa shape index (κ3) is 3.61. The van der Waals surface area contributed by atoms with Crippen LogP contribution in [0.25, 0.3) is 0 Å². The van der Waals surface area contributed by atoms with Gasteiger partial charge in [-0.25, -0.2) is 8.42 Å². The first kappa shape index (κ1) is 17.3. The van der Waals surface area contributed by atoms with E-state index in [-0.39, 0.29) is 17.4 Å². The first-order chi connectivity index (χ1) is 11.7. The lowest BCUT2D eigenvalue weighted by atomic mass is 9.94. The zero-order valence-corrected chi connectivity index (χ0v) is 15.1. The van der Waals surface area contributed by atoms with Gasteiger partial charge in [-0.1, -0.05) is 12.1 Å². The Hall–Kier alpha value is -2.54. The minimum absolute atomic E-state index is 0.139. The minimum Gasteiger partial charge on any atom is -0.490 e. The van der Waals surface area contributed by atoms with E-state index in [1.807, 2.05) is 13.0 Å². The molecule has 0 unspecified atom stereocenters. The summed E-state index contributed by atoms with van der Waals surface area (Å²) in [5.41, 5.74) is 1.08. The standard InChI is InChI=1S/C18H20N2O4S/c1-12-5-4-6-14(9-12)25(22,23)20-13-7-8-15-16(10-13)24-11-18(2,3)17(21)19-15/h4-10,20H,11H2,1-3H3,(H,19,21). The molecule has 0 radical (unpaired) electrons. The molecule has 7 heteroatoms. The maximum absolute atomic E-state index is 12.5.